The highest BCUT2D eigenvalue weighted by molar-refractivity contribution is 7.99. The number of halogens is 1. The molecule has 1 aromatic rings. The number of rotatable bonds is 13. The van der Waals surface area contributed by atoms with Crippen molar-refractivity contribution < 1.29 is 21.5 Å². The monoisotopic (exact) mass is 387 g/mol. The molecule has 0 radical (unpaired) electrons. The molecule has 0 aromatic carbocycles. The van der Waals surface area contributed by atoms with Gasteiger partial charge in [0.25, 0.3) is 0 Å². The van der Waals surface area contributed by atoms with Crippen LogP contribution < -0.4 is 21.5 Å². The molecule has 0 N–H and O–H groups in total. The van der Waals surface area contributed by atoms with E-state index < -0.39 is 0 Å². The lowest BCUT2D eigenvalue weighted by Crippen LogP contribution is -3.00. The van der Waals surface area contributed by atoms with E-state index in [2.05, 4.69) is 42.9 Å². The first-order valence-corrected chi connectivity index (χ1v) is 9.97. The van der Waals surface area contributed by atoms with Crippen molar-refractivity contribution in [1.29, 1.82) is 0 Å². The van der Waals surface area contributed by atoms with E-state index in [1.165, 1.54) is 74.9 Å². The Kier molecular flexibility index (Phi) is 15.8. The minimum atomic E-state index is 0. The average Bonchev–Trinajstić information content (AvgIpc) is 2.53. The van der Waals surface area contributed by atoms with Crippen LogP contribution in [0.25, 0.3) is 0 Å². The Hall–Kier alpha value is -0.0200. The number of nitrogens with zero attached hydrogens (tertiary/aromatic N) is 1. The molecular weight excluding hydrogens is 354 g/mol. The molecule has 1 aromatic heterocycles. The summed E-state index contributed by atoms with van der Waals surface area (Å²) in [4.78, 5) is 1.41. The second-order valence-corrected chi connectivity index (χ2v) is 7.06. The maximum atomic E-state index is 2.29. The second kappa shape index (κ2) is 15.9. The molecule has 1 rings (SSSR count). The first-order chi connectivity index (χ1) is 10.4. The molecule has 22 heavy (non-hydrogen) atoms. The van der Waals surface area contributed by atoms with Gasteiger partial charge in [0.2, 0.25) is 0 Å². The Labute approximate surface area is 153 Å². The van der Waals surface area contributed by atoms with Crippen molar-refractivity contribution in [2.24, 2.45) is 0 Å². The van der Waals surface area contributed by atoms with Crippen LogP contribution in [-0.2, 0) is 6.54 Å². The third kappa shape index (κ3) is 11.5. The molecule has 0 saturated carbocycles. The van der Waals surface area contributed by atoms with Gasteiger partial charge in [-0.15, -0.1) is 11.8 Å². The molecular formula is C19H34BrNS. The van der Waals surface area contributed by atoms with E-state index in [0.29, 0.717) is 0 Å². The van der Waals surface area contributed by atoms with E-state index >= 15 is 0 Å². The molecule has 0 amide bonds. The molecule has 0 unspecified atom stereocenters. The number of pyridine rings is 1. The maximum absolute atomic E-state index is 2.29. The van der Waals surface area contributed by atoms with Crippen LogP contribution in [0.1, 0.15) is 78.1 Å². The van der Waals surface area contributed by atoms with Crippen molar-refractivity contribution in [3.63, 3.8) is 0 Å². The Balaban J connectivity index is 0.00000441. The quantitative estimate of drug-likeness (QED) is 0.285. The van der Waals surface area contributed by atoms with Crippen LogP contribution in [0.15, 0.2) is 29.4 Å². The summed E-state index contributed by atoms with van der Waals surface area (Å²) in [6.07, 6.45) is 18.6. The van der Waals surface area contributed by atoms with Crippen LogP contribution in [0, 0.1) is 0 Å². The highest BCUT2D eigenvalue weighted by Crippen LogP contribution is 2.18. The van der Waals surface area contributed by atoms with Gasteiger partial charge in [0, 0.05) is 17.0 Å². The predicted octanol–water partition coefficient (Wildman–Crippen LogP) is 3.01. The highest BCUT2D eigenvalue weighted by atomic mass is 79.9. The molecule has 0 fully saturated rings. The van der Waals surface area contributed by atoms with E-state index in [1.807, 2.05) is 11.8 Å². The third-order valence-corrected chi connectivity index (χ3v) is 5.09. The van der Waals surface area contributed by atoms with E-state index in [4.69, 9.17) is 0 Å². The second-order valence-electron chi connectivity index (χ2n) is 5.89. The number of aryl methyl sites for hydroxylation is 1. The van der Waals surface area contributed by atoms with E-state index in [0.717, 1.165) is 6.54 Å². The van der Waals surface area contributed by atoms with Crippen LogP contribution >= 0.6 is 11.8 Å². The van der Waals surface area contributed by atoms with Crippen molar-refractivity contribution in [3.05, 3.63) is 24.5 Å². The van der Waals surface area contributed by atoms with Crippen LogP contribution in [-0.4, -0.2) is 5.75 Å². The summed E-state index contributed by atoms with van der Waals surface area (Å²) in [6.45, 7) is 5.52. The summed E-state index contributed by atoms with van der Waals surface area (Å²) in [5, 5.41) is 0. The molecule has 0 atom stereocenters. The Morgan fingerprint density at radius 2 is 1.27 bits per heavy atom. The Bertz CT molecular complexity index is 340. The van der Waals surface area contributed by atoms with Crippen LogP contribution in [0.3, 0.4) is 0 Å². The third-order valence-electron chi connectivity index (χ3n) is 3.99. The summed E-state index contributed by atoms with van der Waals surface area (Å²) in [6, 6.07) is 4.48. The number of thioether (sulfide) groups is 1. The molecule has 1 nitrogen and oxygen atoms in total. The summed E-state index contributed by atoms with van der Waals surface area (Å²) < 4.78 is 2.21. The topological polar surface area (TPSA) is 3.88 Å². The smallest absolute Gasteiger partial charge is 0.169 e. The zero-order chi connectivity index (χ0) is 15.2. The van der Waals surface area contributed by atoms with Gasteiger partial charge in [-0.1, -0.05) is 64.7 Å². The van der Waals surface area contributed by atoms with Gasteiger partial charge >= 0.3 is 0 Å². The van der Waals surface area contributed by atoms with Crippen LogP contribution in [0.2, 0.25) is 0 Å². The van der Waals surface area contributed by atoms with Crippen molar-refractivity contribution in [3.8, 4) is 0 Å². The van der Waals surface area contributed by atoms with E-state index in [9.17, 15) is 0 Å². The normalized spacial score (nSPS) is 10.5. The predicted molar refractivity (Wildman–Crippen MR) is 94.9 cm³/mol. The van der Waals surface area contributed by atoms with Gasteiger partial charge in [0.15, 0.2) is 12.4 Å². The standard InChI is InChI=1S/C19H34NS.BrH/c1-3-5-6-7-8-9-10-11-12-13-18-21-19-14-16-20(4-2)17-15-19;/h14-17H,3-13,18H2,1-2H3;1H/q+1;/p-1. The summed E-state index contributed by atoms with van der Waals surface area (Å²) >= 11 is 2.00. The Morgan fingerprint density at radius 3 is 1.77 bits per heavy atom. The first kappa shape index (κ1) is 22.0. The fourth-order valence-corrected chi connectivity index (χ4v) is 3.43. The summed E-state index contributed by atoms with van der Waals surface area (Å²) in [5.41, 5.74) is 0. The van der Waals surface area contributed by atoms with Gasteiger partial charge in [-0.2, -0.15) is 0 Å². The molecule has 3 heteroatoms. The molecule has 1 heterocycles. The van der Waals surface area contributed by atoms with Crippen molar-refractivity contribution in [1.82, 2.24) is 0 Å². The molecule has 0 aliphatic rings. The lowest BCUT2D eigenvalue weighted by molar-refractivity contribution is -0.693. The van der Waals surface area contributed by atoms with Gasteiger partial charge < -0.3 is 17.0 Å². The Morgan fingerprint density at radius 1 is 0.773 bits per heavy atom. The number of unbranched alkanes of at least 4 members (excludes halogenated alkanes) is 9. The summed E-state index contributed by atoms with van der Waals surface area (Å²) in [5.74, 6) is 1.27. The van der Waals surface area contributed by atoms with E-state index in [1.54, 1.807) is 0 Å². The van der Waals surface area contributed by atoms with Gasteiger partial charge in [-0.05, 0) is 19.1 Å². The lowest BCUT2D eigenvalue weighted by Gasteiger charge is -2.03. The average molecular weight is 388 g/mol. The zero-order valence-corrected chi connectivity index (χ0v) is 16.9. The minimum absolute atomic E-state index is 0. The van der Waals surface area contributed by atoms with Crippen LogP contribution in [0.5, 0.6) is 0 Å². The first-order valence-electron chi connectivity index (χ1n) is 8.98. The fourth-order valence-electron chi connectivity index (χ4n) is 2.53. The van der Waals surface area contributed by atoms with Crippen LogP contribution in [0.4, 0.5) is 0 Å². The minimum Gasteiger partial charge on any atom is -1.00 e. The maximum Gasteiger partial charge on any atom is 0.169 e. The molecule has 128 valence electrons. The SMILES string of the molecule is CCCCCCCCCCCCSc1cc[n+](CC)cc1.[Br-]. The number of hydrogen-bond acceptors (Lipinski definition) is 1. The molecule has 0 aliphatic carbocycles. The molecule has 0 bridgehead atoms. The van der Waals surface area contributed by atoms with Crippen molar-refractivity contribution in [2.45, 2.75) is 89.5 Å². The lowest BCUT2D eigenvalue weighted by atomic mass is 10.1. The number of aromatic nitrogens is 1. The van der Waals surface area contributed by atoms with E-state index in [-0.39, 0.29) is 17.0 Å². The highest BCUT2D eigenvalue weighted by Gasteiger charge is 1.99. The van der Waals surface area contributed by atoms with Gasteiger partial charge in [0.05, 0.1) is 0 Å². The van der Waals surface area contributed by atoms with Gasteiger partial charge in [-0.25, -0.2) is 4.57 Å². The molecule has 0 spiro atoms. The molecule has 0 saturated heterocycles. The van der Waals surface area contributed by atoms with Crippen molar-refractivity contribution >= 4 is 11.8 Å². The van der Waals surface area contributed by atoms with Crippen molar-refractivity contribution in [2.75, 3.05) is 5.75 Å². The van der Waals surface area contributed by atoms with Gasteiger partial charge in [0.1, 0.15) is 6.54 Å². The number of hydrogen-bond donors (Lipinski definition) is 0. The molecule has 0 aliphatic heterocycles. The fraction of sp³-hybridized carbons (Fsp3) is 0.737. The largest absolute Gasteiger partial charge is 1.00 e. The zero-order valence-electron chi connectivity index (χ0n) is 14.5. The van der Waals surface area contributed by atoms with Gasteiger partial charge in [-0.3, -0.25) is 0 Å². The summed E-state index contributed by atoms with van der Waals surface area (Å²) in [7, 11) is 0.